The van der Waals surface area contributed by atoms with Gasteiger partial charge in [0.25, 0.3) is 0 Å². The molecule has 302 valence electrons. The van der Waals surface area contributed by atoms with Crippen LogP contribution in [0.3, 0.4) is 0 Å². The van der Waals surface area contributed by atoms with Crippen LogP contribution in [0.15, 0.2) is 218 Å². The molecule has 0 spiro atoms. The second-order valence-electron chi connectivity index (χ2n) is 16.3. The van der Waals surface area contributed by atoms with Crippen LogP contribution in [0.1, 0.15) is 17.0 Å². The van der Waals surface area contributed by atoms with E-state index >= 15 is 0 Å². The van der Waals surface area contributed by atoms with Crippen LogP contribution >= 0.6 is 23.1 Å². The lowest BCUT2D eigenvalue weighted by Gasteiger charge is -2.16. The Kier molecular flexibility index (Phi) is 9.58. The molecule has 3 heterocycles. The molecule has 0 saturated carbocycles. The van der Waals surface area contributed by atoms with Crippen LogP contribution in [0.25, 0.3) is 104 Å². The summed E-state index contributed by atoms with van der Waals surface area (Å²) in [6.45, 7) is 4.30. The summed E-state index contributed by atoms with van der Waals surface area (Å²) in [5.74, 6) is 2.11. The number of thioether (sulfide) groups is 1. The lowest BCUT2D eigenvalue weighted by atomic mass is 9.87. The van der Waals surface area contributed by atoms with Crippen LogP contribution in [-0.2, 0) is 0 Å². The Hall–Kier alpha value is -7.44. The summed E-state index contributed by atoms with van der Waals surface area (Å²) < 4.78 is 2.53. The Morgan fingerprint density at radius 2 is 1.02 bits per heavy atom. The minimum atomic E-state index is 0.151. The largest absolute Gasteiger partial charge is 0.208 e. The number of nitrogens with zero attached hydrogens (tertiary/aromatic N) is 3. The maximum absolute atomic E-state index is 5.13. The average molecular weight is 854 g/mol. The topological polar surface area (TPSA) is 38.7 Å². The minimum absolute atomic E-state index is 0.151. The number of hydrogen-bond donors (Lipinski definition) is 0. The molecule has 2 atom stereocenters. The molecule has 0 aliphatic carbocycles. The molecule has 0 radical (unpaired) electrons. The van der Waals surface area contributed by atoms with E-state index < -0.39 is 0 Å². The van der Waals surface area contributed by atoms with Crippen LogP contribution in [0.5, 0.6) is 0 Å². The summed E-state index contributed by atoms with van der Waals surface area (Å²) in [6, 6.07) is 69.5. The molecule has 1 aliphatic rings. The number of allylic oxidation sites excluding steroid dienone is 1. The van der Waals surface area contributed by atoms with Gasteiger partial charge in [0.2, 0.25) is 0 Å². The highest BCUT2D eigenvalue weighted by atomic mass is 32.2. The van der Waals surface area contributed by atoms with E-state index in [-0.39, 0.29) is 11.2 Å². The maximum atomic E-state index is 5.13. The number of thiophene rings is 1. The molecule has 64 heavy (non-hydrogen) atoms. The Labute approximate surface area is 380 Å². The highest BCUT2D eigenvalue weighted by molar-refractivity contribution is 8.00. The van der Waals surface area contributed by atoms with E-state index in [4.69, 9.17) is 15.0 Å². The molecule has 0 saturated heterocycles. The third-order valence-electron chi connectivity index (χ3n) is 12.5. The van der Waals surface area contributed by atoms with Crippen molar-refractivity contribution in [1.82, 2.24) is 15.0 Å². The van der Waals surface area contributed by atoms with Gasteiger partial charge in [0, 0.05) is 52.9 Å². The van der Waals surface area contributed by atoms with Crippen molar-refractivity contribution in [2.45, 2.75) is 16.1 Å². The average Bonchev–Trinajstić information content (AvgIpc) is 3.93. The fourth-order valence-electron chi connectivity index (χ4n) is 9.24. The van der Waals surface area contributed by atoms with Gasteiger partial charge in [-0.15, -0.1) is 29.7 Å². The molecule has 5 heteroatoms. The minimum Gasteiger partial charge on any atom is -0.208 e. The Morgan fingerprint density at radius 1 is 0.438 bits per heavy atom. The van der Waals surface area contributed by atoms with Gasteiger partial charge < -0.3 is 0 Å². The molecule has 2 unspecified atom stereocenters. The molecule has 0 amide bonds. The highest BCUT2D eigenvalue weighted by Crippen LogP contribution is 2.51. The van der Waals surface area contributed by atoms with Gasteiger partial charge in [-0.05, 0) is 97.4 Å². The quantitative estimate of drug-likeness (QED) is 0.113. The SMILES string of the molecule is C=CC1Sc2cccc(-c3ccc(-c4nc(-c5ccccc5)nc(-c5ccc6sc7ccccc7c6c5)n4)cc3)c2C1/C=C/c1ccc2ccc3ccc(-c4ccccc4)cc3c2c1. The molecule has 11 aromatic rings. The third kappa shape index (κ3) is 6.90. The van der Waals surface area contributed by atoms with Gasteiger partial charge in [-0.3, -0.25) is 0 Å². The zero-order valence-electron chi connectivity index (χ0n) is 34.7. The van der Waals surface area contributed by atoms with Crippen molar-refractivity contribution in [1.29, 1.82) is 0 Å². The standard InChI is InChI=1S/C59H39N3S2/c1-2-52-48(32-21-37-20-22-40-23-24-41-27-30-44(35-50(41)49(40)34-37)38-12-5-3-6-13-38)56-46(17-11-19-55(56)63-52)39-25-28-43(29-26-39)58-60-57(42-14-7-4-8-15-42)61-59(62-58)45-31-33-54-51(36-45)47-16-9-10-18-53(47)64-54/h2-36,48,52H,1H2/b32-21+. The van der Waals surface area contributed by atoms with Gasteiger partial charge >= 0.3 is 0 Å². The van der Waals surface area contributed by atoms with Gasteiger partial charge in [0.1, 0.15) is 0 Å². The van der Waals surface area contributed by atoms with Gasteiger partial charge in [-0.2, -0.15) is 0 Å². The molecule has 2 aromatic heterocycles. The first-order chi connectivity index (χ1) is 31.6. The second-order valence-corrected chi connectivity index (χ2v) is 18.6. The van der Waals surface area contributed by atoms with Crippen molar-refractivity contribution < 1.29 is 0 Å². The van der Waals surface area contributed by atoms with Gasteiger partial charge in [0.15, 0.2) is 17.5 Å². The van der Waals surface area contributed by atoms with Crippen molar-refractivity contribution in [2.24, 2.45) is 0 Å². The Bertz CT molecular complexity index is 3610. The van der Waals surface area contributed by atoms with E-state index in [9.17, 15) is 0 Å². The maximum Gasteiger partial charge on any atom is 0.164 e. The molecular formula is C59H39N3S2. The summed E-state index contributed by atoms with van der Waals surface area (Å²) in [6.07, 6.45) is 6.79. The lowest BCUT2D eigenvalue weighted by molar-refractivity contribution is 0.898. The first-order valence-corrected chi connectivity index (χ1v) is 23.3. The summed E-state index contributed by atoms with van der Waals surface area (Å²) in [4.78, 5) is 16.5. The van der Waals surface area contributed by atoms with Crippen molar-refractivity contribution in [3.8, 4) is 56.4 Å². The molecule has 9 aromatic carbocycles. The smallest absolute Gasteiger partial charge is 0.164 e. The van der Waals surface area contributed by atoms with Gasteiger partial charge in [-0.1, -0.05) is 170 Å². The predicted octanol–water partition coefficient (Wildman–Crippen LogP) is 16.3. The van der Waals surface area contributed by atoms with Gasteiger partial charge in [0.05, 0.1) is 0 Å². The van der Waals surface area contributed by atoms with E-state index in [1.54, 1.807) is 0 Å². The second kappa shape index (κ2) is 16.0. The summed E-state index contributed by atoms with van der Waals surface area (Å²) >= 11 is 3.71. The summed E-state index contributed by atoms with van der Waals surface area (Å²) in [5, 5.41) is 7.70. The summed E-state index contributed by atoms with van der Waals surface area (Å²) in [5.41, 5.74) is 10.2. The normalized spacial score (nSPS) is 14.8. The molecule has 0 bridgehead atoms. The van der Waals surface area contributed by atoms with E-state index in [0.717, 1.165) is 22.3 Å². The number of aromatic nitrogens is 3. The van der Waals surface area contributed by atoms with Gasteiger partial charge in [-0.25, -0.2) is 15.0 Å². The molecule has 1 aliphatic heterocycles. The van der Waals surface area contributed by atoms with Crippen LogP contribution in [-0.4, -0.2) is 20.2 Å². The van der Waals surface area contributed by atoms with E-state index in [1.165, 1.54) is 74.4 Å². The van der Waals surface area contributed by atoms with Crippen molar-refractivity contribution in [2.75, 3.05) is 0 Å². The number of benzene rings is 9. The zero-order valence-corrected chi connectivity index (χ0v) is 36.4. The third-order valence-corrected chi connectivity index (χ3v) is 15.0. The van der Waals surface area contributed by atoms with E-state index in [2.05, 4.69) is 201 Å². The zero-order chi connectivity index (χ0) is 42.6. The first kappa shape index (κ1) is 38.3. The fraction of sp³-hybridized carbons (Fsp3) is 0.0339. The van der Waals surface area contributed by atoms with Crippen molar-refractivity contribution >= 4 is 70.9 Å². The van der Waals surface area contributed by atoms with Crippen molar-refractivity contribution in [3.63, 3.8) is 0 Å². The molecule has 0 fully saturated rings. The fourth-order valence-corrected chi connectivity index (χ4v) is 11.6. The molecular weight excluding hydrogens is 815 g/mol. The summed E-state index contributed by atoms with van der Waals surface area (Å²) in [7, 11) is 0. The molecule has 12 rings (SSSR count). The van der Waals surface area contributed by atoms with Crippen molar-refractivity contribution in [3.05, 3.63) is 224 Å². The Balaban J connectivity index is 0.893. The lowest BCUT2D eigenvalue weighted by Crippen LogP contribution is -2.05. The van der Waals surface area contributed by atoms with Crippen LogP contribution in [0.4, 0.5) is 0 Å². The van der Waals surface area contributed by atoms with E-state index in [0.29, 0.717) is 17.5 Å². The predicted molar refractivity (Wildman–Crippen MR) is 273 cm³/mol. The number of rotatable bonds is 8. The van der Waals surface area contributed by atoms with Crippen LogP contribution < -0.4 is 0 Å². The molecule has 0 N–H and O–H groups in total. The first-order valence-electron chi connectivity index (χ1n) is 21.6. The molecule has 3 nitrogen and oxygen atoms in total. The van der Waals surface area contributed by atoms with E-state index in [1.807, 2.05) is 41.3 Å². The van der Waals surface area contributed by atoms with Crippen LogP contribution in [0, 0.1) is 0 Å². The van der Waals surface area contributed by atoms with Crippen LogP contribution in [0.2, 0.25) is 0 Å². The Morgan fingerprint density at radius 3 is 1.78 bits per heavy atom. The number of fused-ring (bicyclic) bond motifs is 7. The highest BCUT2D eigenvalue weighted by Gasteiger charge is 2.32. The number of hydrogen-bond acceptors (Lipinski definition) is 5. The monoisotopic (exact) mass is 853 g/mol.